The normalized spacial score (nSPS) is 22.8. The maximum absolute atomic E-state index is 12.6. The molecular formula is C25H31N3O3. The first-order valence-corrected chi connectivity index (χ1v) is 11.1. The molecule has 0 radical (unpaired) electrons. The molecule has 0 unspecified atom stereocenters. The Morgan fingerprint density at radius 1 is 0.968 bits per heavy atom. The highest BCUT2D eigenvalue weighted by atomic mass is 16.5. The summed E-state index contributed by atoms with van der Waals surface area (Å²) in [5.74, 6) is 1.40. The molecule has 0 saturated heterocycles. The zero-order valence-electron chi connectivity index (χ0n) is 18.0. The number of benzene rings is 2. The van der Waals surface area contributed by atoms with Gasteiger partial charge < -0.3 is 20.7 Å². The first kappa shape index (κ1) is 21.4. The smallest absolute Gasteiger partial charge is 0.237 e. The van der Waals surface area contributed by atoms with Gasteiger partial charge in [-0.1, -0.05) is 24.3 Å². The Hall–Kier alpha value is -2.86. The van der Waals surface area contributed by atoms with Gasteiger partial charge in [0.05, 0.1) is 13.2 Å². The molecule has 6 nitrogen and oxygen atoms in total. The Kier molecular flexibility index (Phi) is 6.87. The lowest BCUT2D eigenvalue weighted by Crippen LogP contribution is -2.48. The molecule has 0 spiro atoms. The van der Waals surface area contributed by atoms with Crippen LogP contribution in [-0.2, 0) is 22.6 Å². The number of hydrogen-bond donors (Lipinski definition) is 3. The van der Waals surface area contributed by atoms with Gasteiger partial charge in [-0.25, -0.2) is 0 Å². The van der Waals surface area contributed by atoms with E-state index in [0.29, 0.717) is 12.5 Å². The summed E-state index contributed by atoms with van der Waals surface area (Å²) >= 11 is 0. The molecule has 31 heavy (non-hydrogen) atoms. The summed E-state index contributed by atoms with van der Waals surface area (Å²) in [4.78, 5) is 25.2. The molecule has 1 aliphatic heterocycles. The Bertz CT molecular complexity index is 904. The number of carbonyl (C=O) groups excluding carboxylic acids is 2. The van der Waals surface area contributed by atoms with E-state index in [1.165, 1.54) is 11.1 Å². The first-order valence-electron chi connectivity index (χ1n) is 11.1. The van der Waals surface area contributed by atoms with Crippen molar-refractivity contribution in [1.82, 2.24) is 10.6 Å². The molecule has 2 aromatic carbocycles. The predicted molar refractivity (Wildman–Crippen MR) is 121 cm³/mol. The summed E-state index contributed by atoms with van der Waals surface area (Å²) in [6.07, 6.45) is 4.37. The lowest BCUT2D eigenvalue weighted by atomic mass is 9.81. The van der Waals surface area contributed by atoms with E-state index in [-0.39, 0.29) is 23.8 Å². The highest BCUT2D eigenvalue weighted by molar-refractivity contribution is 5.92. The topological polar surface area (TPSA) is 79.5 Å². The predicted octanol–water partition coefficient (Wildman–Crippen LogP) is 3.27. The van der Waals surface area contributed by atoms with E-state index >= 15 is 0 Å². The third-order valence-corrected chi connectivity index (χ3v) is 6.54. The minimum absolute atomic E-state index is 0.0329. The molecule has 164 valence electrons. The first-order chi connectivity index (χ1) is 15.1. The van der Waals surface area contributed by atoms with E-state index in [1.54, 1.807) is 7.11 Å². The van der Waals surface area contributed by atoms with Crippen LogP contribution >= 0.6 is 0 Å². The zero-order chi connectivity index (χ0) is 21.6. The molecule has 1 fully saturated rings. The van der Waals surface area contributed by atoms with E-state index in [1.807, 2.05) is 36.4 Å². The van der Waals surface area contributed by atoms with Crippen molar-refractivity contribution in [2.24, 2.45) is 11.8 Å². The molecule has 1 atom stereocenters. The minimum Gasteiger partial charge on any atom is -0.497 e. The third-order valence-electron chi connectivity index (χ3n) is 6.54. The van der Waals surface area contributed by atoms with Crippen LogP contribution in [0.25, 0.3) is 0 Å². The maximum Gasteiger partial charge on any atom is 0.237 e. The molecule has 1 aliphatic carbocycles. The van der Waals surface area contributed by atoms with E-state index < -0.39 is 0 Å². The maximum atomic E-state index is 12.6. The van der Waals surface area contributed by atoms with Gasteiger partial charge in [-0.15, -0.1) is 0 Å². The summed E-state index contributed by atoms with van der Waals surface area (Å²) in [5.41, 5.74) is 3.32. The summed E-state index contributed by atoms with van der Waals surface area (Å²) in [6, 6.07) is 15.5. The van der Waals surface area contributed by atoms with Crippen molar-refractivity contribution in [3.8, 4) is 5.75 Å². The number of nitrogens with one attached hydrogen (secondary N) is 3. The average Bonchev–Trinajstić information content (AvgIpc) is 2.83. The Morgan fingerprint density at radius 3 is 2.39 bits per heavy atom. The summed E-state index contributed by atoms with van der Waals surface area (Å²) in [6.45, 7) is 1.42. The van der Waals surface area contributed by atoms with Crippen molar-refractivity contribution < 1.29 is 14.3 Å². The molecular weight excluding hydrogens is 390 g/mol. The number of methoxy groups -OCH3 is 1. The number of rotatable bonds is 6. The van der Waals surface area contributed by atoms with Crippen molar-refractivity contribution in [2.75, 3.05) is 19.0 Å². The lowest BCUT2D eigenvalue weighted by Gasteiger charge is -2.29. The monoisotopic (exact) mass is 421 g/mol. The van der Waals surface area contributed by atoms with Crippen LogP contribution in [0, 0.1) is 11.8 Å². The highest BCUT2D eigenvalue weighted by Gasteiger charge is 2.28. The molecule has 2 aromatic rings. The SMILES string of the molecule is COc1ccc(NC(=O)C2CCC(CNC(=O)[C@@H]3Cc4ccccc4CN3)CC2)cc1. The Labute approximate surface area is 183 Å². The van der Waals surface area contributed by atoms with E-state index in [4.69, 9.17) is 4.74 Å². The third kappa shape index (κ3) is 5.44. The van der Waals surface area contributed by atoms with Crippen LogP contribution in [0.2, 0.25) is 0 Å². The van der Waals surface area contributed by atoms with Crippen molar-refractivity contribution >= 4 is 17.5 Å². The number of anilines is 1. The fraction of sp³-hybridized carbons (Fsp3) is 0.440. The van der Waals surface area contributed by atoms with Crippen LogP contribution in [0.3, 0.4) is 0 Å². The van der Waals surface area contributed by atoms with Gasteiger partial charge in [0.15, 0.2) is 0 Å². The van der Waals surface area contributed by atoms with Crippen LogP contribution in [0.4, 0.5) is 5.69 Å². The summed E-state index contributed by atoms with van der Waals surface area (Å²) in [7, 11) is 1.62. The molecule has 3 N–H and O–H groups in total. The van der Waals surface area contributed by atoms with Crippen LogP contribution in [0.1, 0.15) is 36.8 Å². The molecule has 1 heterocycles. The number of carbonyl (C=O) groups is 2. The van der Waals surface area contributed by atoms with Gasteiger partial charge in [-0.2, -0.15) is 0 Å². The Balaban J connectivity index is 1.19. The zero-order valence-corrected chi connectivity index (χ0v) is 18.0. The summed E-state index contributed by atoms with van der Waals surface area (Å²) in [5, 5.41) is 9.48. The van der Waals surface area contributed by atoms with E-state index in [0.717, 1.165) is 50.1 Å². The average molecular weight is 422 g/mol. The van der Waals surface area contributed by atoms with Crippen LogP contribution in [-0.4, -0.2) is 31.5 Å². The largest absolute Gasteiger partial charge is 0.497 e. The number of ether oxygens (including phenoxy) is 1. The molecule has 0 aromatic heterocycles. The van der Waals surface area contributed by atoms with Crippen LogP contribution in [0.15, 0.2) is 48.5 Å². The van der Waals surface area contributed by atoms with Gasteiger partial charge in [-0.05, 0) is 73.4 Å². The second kappa shape index (κ2) is 9.96. The van der Waals surface area contributed by atoms with Crippen LogP contribution in [0.5, 0.6) is 5.75 Å². The number of hydrogen-bond acceptors (Lipinski definition) is 4. The molecule has 4 rings (SSSR count). The minimum atomic E-state index is -0.165. The van der Waals surface area contributed by atoms with Gasteiger partial charge in [0.1, 0.15) is 5.75 Å². The van der Waals surface area contributed by atoms with Gasteiger partial charge in [-0.3, -0.25) is 9.59 Å². The van der Waals surface area contributed by atoms with Crippen molar-refractivity contribution in [3.63, 3.8) is 0 Å². The molecule has 6 heteroatoms. The lowest BCUT2D eigenvalue weighted by molar-refractivity contribution is -0.124. The molecule has 0 bridgehead atoms. The van der Waals surface area contributed by atoms with Gasteiger partial charge >= 0.3 is 0 Å². The Morgan fingerprint density at radius 2 is 1.68 bits per heavy atom. The van der Waals surface area contributed by atoms with E-state index in [2.05, 4.69) is 28.1 Å². The second-order valence-electron chi connectivity index (χ2n) is 8.59. The fourth-order valence-electron chi connectivity index (χ4n) is 4.56. The standard InChI is InChI=1S/C25H31N3O3/c1-31-22-12-10-21(11-13-22)28-24(29)18-8-6-17(7-9-18)15-27-25(30)23-14-19-4-2-3-5-20(19)16-26-23/h2-5,10-13,17-18,23,26H,6-9,14-16H2,1H3,(H,27,30)(H,28,29)/t17?,18?,23-/m0/s1. The quantitative estimate of drug-likeness (QED) is 0.669. The fourth-order valence-corrected chi connectivity index (χ4v) is 4.56. The summed E-state index contributed by atoms with van der Waals surface area (Å²) < 4.78 is 5.15. The highest BCUT2D eigenvalue weighted by Crippen LogP contribution is 2.29. The molecule has 1 saturated carbocycles. The molecule has 2 aliphatic rings. The van der Waals surface area contributed by atoms with Crippen LogP contribution < -0.4 is 20.7 Å². The van der Waals surface area contributed by atoms with E-state index in [9.17, 15) is 9.59 Å². The van der Waals surface area contributed by atoms with Gasteiger partial charge in [0, 0.05) is 24.7 Å². The van der Waals surface area contributed by atoms with Crippen molar-refractivity contribution in [1.29, 1.82) is 0 Å². The van der Waals surface area contributed by atoms with Crippen molar-refractivity contribution in [2.45, 2.75) is 44.7 Å². The number of fused-ring (bicyclic) bond motifs is 1. The number of amides is 2. The van der Waals surface area contributed by atoms with Gasteiger partial charge in [0.25, 0.3) is 0 Å². The van der Waals surface area contributed by atoms with Gasteiger partial charge in [0.2, 0.25) is 11.8 Å². The van der Waals surface area contributed by atoms with Crippen molar-refractivity contribution in [3.05, 3.63) is 59.7 Å². The molecule has 2 amide bonds. The second-order valence-corrected chi connectivity index (χ2v) is 8.59.